The van der Waals surface area contributed by atoms with Crippen molar-refractivity contribution in [3.8, 4) is 5.75 Å². The first-order valence-electron chi connectivity index (χ1n) is 10.3. The summed E-state index contributed by atoms with van der Waals surface area (Å²) in [4.78, 5) is 14.9. The van der Waals surface area contributed by atoms with Crippen molar-refractivity contribution >= 4 is 33.8 Å². The van der Waals surface area contributed by atoms with E-state index in [1.807, 2.05) is 30.8 Å². The van der Waals surface area contributed by atoms with E-state index in [-0.39, 0.29) is 6.09 Å². The lowest BCUT2D eigenvalue weighted by Gasteiger charge is -2.31. The third-order valence-electron chi connectivity index (χ3n) is 5.20. The smallest absolute Gasteiger partial charge is 0.409 e. The van der Waals surface area contributed by atoms with Gasteiger partial charge in [0, 0.05) is 46.4 Å². The first-order valence-corrected chi connectivity index (χ1v) is 12.1. The van der Waals surface area contributed by atoms with Crippen LogP contribution in [0.1, 0.15) is 30.9 Å². The maximum atomic E-state index is 11.9. The largest absolute Gasteiger partial charge is 0.496 e. The third-order valence-corrected chi connectivity index (χ3v) is 6.86. The molecular formula is C23H29BrN2O3S. The van der Waals surface area contributed by atoms with Gasteiger partial charge in [-0.15, -0.1) is 11.8 Å². The van der Waals surface area contributed by atoms with E-state index in [4.69, 9.17) is 9.47 Å². The van der Waals surface area contributed by atoms with Crippen LogP contribution < -0.4 is 10.1 Å². The number of nitrogens with one attached hydrogen (secondary N) is 1. The van der Waals surface area contributed by atoms with Crippen molar-refractivity contribution in [1.29, 1.82) is 0 Å². The molecule has 2 aromatic carbocycles. The SMILES string of the molecule is CCOC(=O)N1CCC(NCc2ccccc2SCc2cc(Br)ccc2OC)CC1. The highest BCUT2D eigenvalue weighted by Gasteiger charge is 2.23. The molecule has 1 aliphatic rings. The number of methoxy groups -OCH3 is 1. The Morgan fingerprint density at radius 3 is 2.70 bits per heavy atom. The lowest BCUT2D eigenvalue weighted by Crippen LogP contribution is -2.44. The van der Waals surface area contributed by atoms with Crippen molar-refractivity contribution in [2.45, 2.75) is 43.0 Å². The van der Waals surface area contributed by atoms with Crippen LogP contribution in [0.5, 0.6) is 5.75 Å². The molecule has 30 heavy (non-hydrogen) atoms. The zero-order valence-electron chi connectivity index (χ0n) is 17.5. The van der Waals surface area contributed by atoms with Crippen LogP contribution >= 0.6 is 27.7 Å². The van der Waals surface area contributed by atoms with Gasteiger partial charge in [-0.2, -0.15) is 0 Å². The highest BCUT2D eigenvalue weighted by atomic mass is 79.9. The van der Waals surface area contributed by atoms with Crippen LogP contribution in [0.3, 0.4) is 0 Å². The average molecular weight is 493 g/mol. The summed E-state index contributed by atoms with van der Waals surface area (Å²) >= 11 is 5.37. The van der Waals surface area contributed by atoms with Gasteiger partial charge >= 0.3 is 6.09 Å². The highest BCUT2D eigenvalue weighted by Crippen LogP contribution is 2.32. The molecule has 0 bridgehead atoms. The normalized spacial score (nSPS) is 14.6. The van der Waals surface area contributed by atoms with Crippen LogP contribution in [-0.2, 0) is 17.0 Å². The molecule has 0 atom stereocenters. The molecule has 1 amide bonds. The molecular weight excluding hydrogens is 464 g/mol. The fourth-order valence-corrected chi connectivity index (χ4v) is 4.99. The summed E-state index contributed by atoms with van der Waals surface area (Å²) in [6.45, 7) is 4.58. The first kappa shape index (κ1) is 23.0. The summed E-state index contributed by atoms with van der Waals surface area (Å²) in [5.74, 6) is 1.76. The zero-order chi connectivity index (χ0) is 21.3. The van der Waals surface area contributed by atoms with Crippen LogP contribution in [0.2, 0.25) is 0 Å². The Morgan fingerprint density at radius 1 is 1.20 bits per heavy atom. The minimum atomic E-state index is -0.194. The number of benzene rings is 2. The molecule has 3 rings (SSSR count). The van der Waals surface area contributed by atoms with Gasteiger partial charge < -0.3 is 19.7 Å². The van der Waals surface area contributed by atoms with Gasteiger partial charge in [-0.1, -0.05) is 34.1 Å². The Morgan fingerprint density at radius 2 is 1.97 bits per heavy atom. The van der Waals surface area contributed by atoms with Crippen LogP contribution in [0.4, 0.5) is 4.79 Å². The molecule has 0 radical (unpaired) electrons. The second-order valence-electron chi connectivity index (χ2n) is 7.19. The van der Waals surface area contributed by atoms with Crippen LogP contribution in [-0.4, -0.2) is 43.8 Å². The van der Waals surface area contributed by atoms with E-state index in [1.165, 1.54) is 16.0 Å². The third kappa shape index (κ3) is 6.40. The molecule has 0 aromatic heterocycles. The molecule has 1 N–H and O–H groups in total. The number of carbonyl (C=O) groups excluding carboxylic acids is 1. The van der Waals surface area contributed by atoms with Crippen molar-refractivity contribution < 1.29 is 14.3 Å². The quantitative estimate of drug-likeness (QED) is 0.495. The van der Waals surface area contributed by atoms with Gasteiger partial charge in [0.15, 0.2) is 0 Å². The second-order valence-corrected chi connectivity index (χ2v) is 9.13. The fourth-order valence-electron chi connectivity index (χ4n) is 3.54. The van der Waals surface area contributed by atoms with E-state index in [9.17, 15) is 4.79 Å². The molecule has 5 nitrogen and oxygen atoms in total. The van der Waals surface area contributed by atoms with E-state index in [0.29, 0.717) is 12.6 Å². The lowest BCUT2D eigenvalue weighted by molar-refractivity contribution is 0.0950. The predicted molar refractivity (Wildman–Crippen MR) is 125 cm³/mol. The van der Waals surface area contributed by atoms with Crippen molar-refractivity contribution in [2.24, 2.45) is 0 Å². The number of carbonyl (C=O) groups is 1. The zero-order valence-corrected chi connectivity index (χ0v) is 19.9. The molecule has 1 heterocycles. The van der Waals surface area contributed by atoms with E-state index >= 15 is 0 Å². The molecule has 0 saturated carbocycles. The van der Waals surface area contributed by atoms with E-state index < -0.39 is 0 Å². The maximum absolute atomic E-state index is 11.9. The number of piperidine rings is 1. The van der Waals surface area contributed by atoms with Gasteiger partial charge in [0.2, 0.25) is 0 Å². The summed E-state index contributed by atoms with van der Waals surface area (Å²) in [7, 11) is 1.71. The summed E-state index contributed by atoms with van der Waals surface area (Å²) in [5, 5.41) is 3.68. The topological polar surface area (TPSA) is 50.8 Å². The number of hydrogen-bond acceptors (Lipinski definition) is 5. The Hall–Kier alpha value is -1.70. The van der Waals surface area contributed by atoms with Crippen LogP contribution in [0, 0.1) is 0 Å². The van der Waals surface area contributed by atoms with Gasteiger partial charge in [-0.05, 0) is 49.6 Å². The number of thioether (sulfide) groups is 1. The number of hydrogen-bond donors (Lipinski definition) is 1. The second kappa shape index (κ2) is 11.6. The highest BCUT2D eigenvalue weighted by molar-refractivity contribution is 9.10. The summed E-state index contributed by atoms with van der Waals surface area (Å²) in [6, 6.07) is 15.1. The number of halogens is 1. The minimum Gasteiger partial charge on any atom is -0.496 e. The van der Waals surface area contributed by atoms with Gasteiger partial charge in [-0.3, -0.25) is 0 Å². The van der Waals surface area contributed by atoms with Crippen molar-refractivity contribution in [1.82, 2.24) is 10.2 Å². The van der Waals surface area contributed by atoms with E-state index in [2.05, 4.69) is 51.6 Å². The molecule has 1 fully saturated rings. The maximum Gasteiger partial charge on any atom is 0.409 e. The van der Waals surface area contributed by atoms with E-state index in [0.717, 1.165) is 48.5 Å². The van der Waals surface area contributed by atoms with E-state index in [1.54, 1.807) is 12.0 Å². The molecule has 0 spiro atoms. The Balaban J connectivity index is 1.54. The summed E-state index contributed by atoms with van der Waals surface area (Å²) in [6.07, 6.45) is 1.70. The van der Waals surface area contributed by atoms with Crippen molar-refractivity contribution in [3.63, 3.8) is 0 Å². The predicted octanol–water partition coefficient (Wildman–Crippen LogP) is 5.46. The molecule has 2 aromatic rings. The minimum absolute atomic E-state index is 0.194. The van der Waals surface area contributed by atoms with Gasteiger partial charge in [0.05, 0.1) is 13.7 Å². The number of amides is 1. The molecule has 1 saturated heterocycles. The average Bonchev–Trinajstić information content (AvgIpc) is 2.77. The monoisotopic (exact) mass is 492 g/mol. The molecule has 162 valence electrons. The summed E-state index contributed by atoms with van der Waals surface area (Å²) < 4.78 is 11.7. The molecule has 0 unspecified atom stereocenters. The Bertz CT molecular complexity index is 841. The van der Waals surface area contributed by atoms with Crippen molar-refractivity contribution in [3.05, 3.63) is 58.1 Å². The molecule has 0 aliphatic carbocycles. The fraction of sp³-hybridized carbons (Fsp3) is 0.435. The van der Waals surface area contributed by atoms with Gasteiger partial charge in [0.25, 0.3) is 0 Å². The van der Waals surface area contributed by atoms with Crippen molar-refractivity contribution in [2.75, 3.05) is 26.8 Å². The number of ether oxygens (including phenoxy) is 2. The molecule has 1 aliphatic heterocycles. The first-order chi connectivity index (χ1) is 14.6. The Labute approximate surface area is 191 Å². The Kier molecular flexibility index (Phi) is 8.90. The van der Waals surface area contributed by atoms with Gasteiger partial charge in [0.1, 0.15) is 5.75 Å². The lowest BCUT2D eigenvalue weighted by atomic mass is 10.0. The molecule has 7 heteroatoms. The number of rotatable bonds is 8. The van der Waals surface area contributed by atoms with Gasteiger partial charge in [-0.25, -0.2) is 4.79 Å². The van der Waals surface area contributed by atoms with Crippen LogP contribution in [0.15, 0.2) is 51.8 Å². The number of likely N-dealkylation sites (tertiary alicyclic amines) is 1. The van der Waals surface area contributed by atoms with Crippen LogP contribution in [0.25, 0.3) is 0 Å². The number of nitrogens with zero attached hydrogens (tertiary/aromatic N) is 1. The standard InChI is InChI=1S/C23H29BrN2O3S/c1-3-29-23(27)26-12-10-20(11-13-26)25-15-17-6-4-5-7-22(17)30-16-18-14-19(24)8-9-21(18)28-2/h4-9,14,20,25H,3,10-13,15-16H2,1-2H3. The summed E-state index contributed by atoms with van der Waals surface area (Å²) in [5.41, 5.74) is 2.47.